The van der Waals surface area contributed by atoms with Crippen molar-refractivity contribution in [3.8, 4) is 0 Å². The normalized spacial score (nSPS) is 11.0. The third-order valence-electron chi connectivity index (χ3n) is 4.18. The van der Waals surface area contributed by atoms with Crippen molar-refractivity contribution in [3.05, 3.63) is 69.8 Å². The number of primary amides is 1. The van der Waals surface area contributed by atoms with Crippen molar-refractivity contribution in [2.45, 2.75) is 6.54 Å². The Balaban J connectivity index is 1.77. The second-order valence-electron chi connectivity index (χ2n) is 6.61. The van der Waals surface area contributed by atoms with Crippen LogP contribution in [0.4, 0.5) is 11.5 Å². The molecule has 3 rings (SSSR count). The average Bonchev–Trinajstić information content (AvgIpc) is 2.75. The number of hydrogen-bond donors (Lipinski definition) is 3. The molecule has 0 bridgehead atoms. The van der Waals surface area contributed by atoms with E-state index in [1.54, 1.807) is 18.2 Å². The van der Waals surface area contributed by atoms with E-state index in [2.05, 4.69) is 20.6 Å². The van der Waals surface area contributed by atoms with E-state index in [0.717, 1.165) is 9.91 Å². The van der Waals surface area contributed by atoms with Gasteiger partial charge in [0.2, 0.25) is 0 Å². The summed E-state index contributed by atoms with van der Waals surface area (Å²) >= 11 is 11.1. The van der Waals surface area contributed by atoms with Gasteiger partial charge in [0, 0.05) is 0 Å². The average molecular weight is 536 g/mol. The van der Waals surface area contributed by atoms with E-state index in [-0.39, 0.29) is 18.1 Å². The van der Waals surface area contributed by atoms with Crippen LogP contribution in [0.2, 0.25) is 10.0 Å². The number of aromatic nitrogens is 2. The summed E-state index contributed by atoms with van der Waals surface area (Å²) in [5.41, 5.74) is 7.21. The van der Waals surface area contributed by atoms with Crippen LogP contribution >= 0.6 is 23.2 Å². The molecule has 0 radical (unpaired) electrons. The van der Waals surface area contributed by atoms with Gasteiger partial charge in [-0.2, -0.15) is 0 Å². The zero-order valence-corrected chi connectivity index (χ0v) is 20.6. The van der Waals surface area contributed by atoms with Crippen molar-refractivity contribution in [1.82, 2.24) is 9.97 Å². The van der Waals surface area contributed by atoms with Crippen molar-refractivity contribution in [2.75, 3.05) is 24.4 Å². The number of anilines is 2. The van der Waals surface area contributed by atoms with Crippen LogP contribution in [0.15, 0.2) is 48.7 Å². The number of carbonyl (C=O) groups excluding carboxylic acids is 2. The maximum atomic E-state index is 11.8. The van der Waals surface area contributed by atoms with Crippen molar-refractivity contribution >= 4 is 71.2 Å². The molecule has 1 atom stereocenters. The zero-order chi connectivity index (χ0) is 23.1. The molecule has 1 unspecified atom stereocenters. The fourth-order valence-electron chi connectivity index (χ4n) is 2.72. The summed E-state index contributed by atoms with van der Waals surface area (Å²) in [5.74, 6) is -0.515. The first-order valence-electron chi connectivity index (χ1n) is 9.36. The van der Waals surface area contributed by atoms with Gasteiger partial charge in [0.1, 0.15) is 0 Å². The van der Waals surface area contributed by atoms with Crippen LogP contribution < -0.4 is 25.3 Å². The minimum atomic E-state index is -0.943. The van der Waals surface area contributed by atoms with E-state index >= 15 is 0 Å². The number of halogens is 2. The summed E-state index contributed by atoms with van der Waals surface area (Å²) in [6.45, 7) is 0.348. The molecule has 0 spiro atoms. The van der Waals surface area contributed by atoms with Crippen LogP contribution in [0.3, 0.4) is 0 Å². The van der Waals surface area contributed by atoms with E-state index in [1.165, 1.54) is 13.3 Å². The van der Waals surface area contributed by atoms with E-state index in [0.29, 0.717) is 32.7 Å². The summed E-state index contributed by atoms with van der Waals surface area (Å²) in [4.78, 5) is 32.4. The molecule has 1 aromatic heterocycles. The van der Waals surface area contributed by atoms with Gasteiger partial charge in [-0.15, -0.1) is 0 Å². The number of ether oxygens (including phenoxy) is 1. The number of amides is 2. The molecule has 166 valence electrons. The van der Waals surface area contributed by atoms with Crippen LogP contribution in [0.25, 0.3) is 0 Å². The Morgan fingerprint density at radius 1 is 1.16 bits per heavy atom. The summed E-state index contributed by atoms with van der Waals surface area (Å²) < 4.78 is 6.44. The van der Waals surface area contributed by atoms with Gasteiger partial charge in [-0.1, -0.05) is 0 Å². The van der Waals surface area contributed by atoms with Gasteiger partial charge in [-0.25, -0.2) is 0 Å². The fourth-order valence-corrected chi connectivity index (χ4v) is 5.06. The van der Waals surface area contributed by atoms with Crippen molar-refractivity contribution in [3.63, 3.8) is 0 Å². The molecule has 2 aromatic carbocycles. The molecule has 3 aromatic rings. The van der Waals surface area contributed by atoms with Crippen LogP contribution in [0.5, 0.6) is 0 Å². The van der Waals surface area contributed by atoms with Crippen molar-refractivity contribution in [2.24, 2.45) is 5.73 Å². The number of rotatable bonds is 9. The fraction of sp³-hybridized carbons (Fsp3) is 0.143. The number of hydrogen-bond acceptors (Lipinski definition) is 6. The molecular formula is C21H20AsCl2N5O3. The Kier molecular flexibility index (Phi) is 8.47. The first kappa shape index (κ1) is 24.0. The second-order valence-corrected chi connectivity index (χ2v) is 10.1. The number of carbonyl (C=O) groups is 2. The Hall–Kier alpha value is -2.64. The van der Waals surface area contributed by atoms with E-state index in [9.17, 15) is 9.59 Å². The molecule has 1 heterocycles. The van der Waals surface area contributed by atoms with Crippen LogP contribution in [0, 0.1) is 0 Å². The SMILES string of the molecule is COCC(=O)Nc1cccc([AsH]c2ncc(C(N)=O)c(NCc3ccc(Cl)c(Cl)c3)n2)c1. The molecule has 0 aliphatic heterocycles. The molecule has 0 saturated heterocycles. The van der Waals surface area contributed by atoms with Crippen LogP contribution in [-0.4, -0.2) is 51.3 Å². The summed E-state index contributed by atoms with van der Waals surface area (Å²) in [7, 11) is 1.46. The number of nitrogens with two attached hydrogens (primary N) is 1. The predicted molar refractivity (Wildman–Crippen MR) is 128 cm³/mol. The van der Waals surface area contributed by atoms with Crippen molar-refractivity contribution < 1.29 is 14.3 Å². The monoisotopic (exact) mass is 535 g/mol. The van der Waals surface area contributed by atoms with Crippen LogP contribution in [0.1, 0.15) is 15.9 Å². The number of nitrogens with zero attached hydrogens (tertiary/aromatic N) is 2. The van der Waals surface area contributed by atoms with Gasteiger partial charge in [-0.3, -0.25) is 0 Å². The molecule has 0 fully saturated rings. The third kappa shape index (κ3) is 6.68. The van der Waals surface area contributed by atoms with Gasteiger partial charge < -0.3 is 0 Å². The van der Waals surface area contributed by atoms with E-state index in [4.69, 9.17) is 33.7 Å². The summed E-state index contributed by atoms with van der Waals surface area (Å²) in [6.07, 6.45) is 1.43. The molecule has 8 nitrogen and oxygen atoms in total. The summed E-state index contributed by atoms with van der Waals surface area (Å²) in [5, 5.41) is 6.80. The number of nitrogens with one attached hydrogen (secondary N) is 2. The first-order valence-corrected chi connectivity index (χ1v) is 12.2. The molecule has 0 aliphatic rings. The van der Waals surface area contributed by atoms with Gasteiger partial charge in [0.25, 0.3) is 0 Å². The second kappa shape index (κ2) is 11.3. The Morgan fingerprint density at radius 3 is 2.69 bits per heavy atom. The quantitative estimate of drug-likeness (QED) is 0.357. The van der Waals surface area contributed by atoms with Gasteiger partial charge in [0.05, 0.1) is 0 Å². The molecule has 11 heteroatoms. The molecule has 2 amide bonds. The number of benzene rings is 2. The van der Waals surface area contributed by atoms with Gasteiger partial charge >= 0.3 is 202 Å². The Labute approximate surface area is 201 Å². The van der Waals surface area contributed by atoms with Gasteiger partial charge in [-0.05, 0) is 0 Å². The molecule has 32 heavy (non-hydrogen) atoms. The summed E-state index contributed by atoms with van der Waals surface area (Å²) in [6, 6.07) is 12.7. The first-order chi connectivity index (χ1) is 15.4. The van der Waals surface area contributed by atoms with E-state index in [1.807, 2.05) is 24.3 Å². The molecule has 0 aliphatic carbocycles. The standard InChI is InChI=1S/C21H20AsCl2N5O3/c1-32-11-18(30)28-14-4-2-3-13(8-14)22-21-27-10-15(19(25)31)20(29-21)26-9-12-5-6-16(23)17(24)7-12/h2-8,10,22H,9,11H2,1H3,(H2,25,31)(H,28,30)(H,26,27,29). The van der Waals surface area contributed by atoms with Crippen LogP contribution in [-0.2, 0) is 16.1 Å². The minimum absolute atomic E-state index is 0.0218. The third-order valence-corrected chi connectivity index (χ3v) is 7.15. The van der Waals surface area contributed by atoms with Crippen molar-refractivity contribution in [1.29, 1.82) is 0 Å². The predicted octanol–water partition coefficient (Wildman–Crippen LogP) is 1.47. The molecule has 4 N–H and O–H groups in total. The van der Waals surface area contributed by atoms with E-state index < -0.39 is 21.7 Å². The number of methoxy groups -OCH3 is 1. The maximum absolute atomic E-state index is 11.8. The Bertz CT molecular complexity index is 1150. The Morgan fingerprint density at radius 2 is 1.97 bits per heavy atom. The molecular weight excluding hydrogens is 516 g/mol. The zero-order valence-electron chi connectivity index (χ0n) is 17.0. The topological polar surface area (TPSA) is 119 Å². The van der Waals surface area contributed by atoms with Gasteiger partial charge in [0.15, 0.2) is 0 Å². The molecule has 0 saturated carbocycles.